The molecule has 1 aromatic rings. The maximum atomic E-state index is 4.29. The predicted octanol–water partition coefficient (Wildman–Crippen LogP) is 2.15. The van der Waals surface area contributed by atoms with Crippen molar-refractivity contribution >= 4 is 21.9 Å². The molecule has 5 heteroatoms. The van der Waals surface area contributed by atoms with Gasteiger partial charge in [-0.25, -0.2) is 4.98 Å². The maximum absolute atomic E-state index is 4.29. The quantitative estimate of drug-likeness (QED) is 0.881. The largest absolute Gasteiger partial charge is 0.350 e. The molecule has 0 amide bonds. The van der Waals surface area contributed by atoms with Crippen molar-refractivity contribution in [2.45, 2.75) is 32.7 Å². The molecule has 1 fully saturated rings. The van der Waals surface area contributed by atoms with Gasteiger partial charge in [0.15, 0.2) is 0 Å². The normalized spacial score (nSPS) is 25.6. The second-order valence-corrected chi connectivity index (χ2v) is 4.68. The monoisotopic (exact) mass is 256 g/mol. The Morgan fingerprint density at radius 1 is 1.36 bits per heavy atom. The Kier molecular flexibility index (Phi) is 2.67. The smallest absolute Gasteiger partial charge is 0.243 e. The topological polar surface area (TPSA) is 50.7 Å². The molecule has 1 aliphatic carbocycles. The summed E-state index contributed by atoms with van der Waals surface area (Å²) >= 11 is 3.27. The summed E-state index contributed by atoms with van der Waals surface area (Å²) in [6, 6.07) is 0.535. The number of nitrogens with zero attached hydrogens (tertiary/aromatic N) is 3. The van der Waals surface area contributed by atoms with Crippen LogP contribution in [-0.4, -0.2) is 21.2 Å². The highest BCUT2D eigenvalue weighted by molar-refractivity contribution is 9.10. The van der Waals surface area contributed by atoms with Gasteiger partial charge in [0, 0.05) is 6.04 Å². The average molecular weight is 257 g/mol. The molecular formula is C9H13BrN4. The molecule has 0 spiro atoms. The van der Waals surface area contributed by atoms with Crippen molar-refractivity contribution in [2.24, 2.45) is 5.92 Å². The van der Waals surface area contributed by atoms with E-state index in [9.17, 15) is 0 Å². The Bertz CT molecular complexity index is 336. The summed E-state index contributed by atoms with van der Waals surface area (Å²) in [5, 5.41) is 11.2. The number of nitrogens with one attached hydrogen (secondary N) is 1. The standard InChI is InChI=1S/C9H13BrN4/c1-5-3-7(4-5)12-9-11-6(2)8(10)13-14-9/h5,7H,3-4H2,1-2H3,(H,11,12,14)/t5-,7+. The molecule has 0 bridgehead atoms. The first kappa shape index (κ1) is 9.83. The highest BCUT2D eigenvalue weighted by Crippen LogP contribution is 2.28. The SMILES string of the molecule is Cc1nc(N[C@H]2C[C@@H](C)C2)nnc1Br. The molecule has 0 unspecified atom stereocenters. The third-order valence-electron chi connectivity index (χ3n) is 2.51. The van der Waals surface area contributed by atoms with Crippen LogP contribution in [0.1, 0.15) is 25.5 Å². The highest BCUT2D eigenvalue weighted by atomic mass is 79.9. The molecule has 76 valence electrons. The first-order valence-electron chi connectivity index (χ1n) is 4.78. The Morgan fingerprint density at radius 2 is 2.07 bits per heavy atom. The molecule has 0 aromatic carbocycles. The van der Waals surface area contributed by atoms with E-state index in [1.165, 1.54) is 12.8 Å². The van der Waals surface area contributed by atoms with Gasteiger partial charge in [0.1, 0.15) is 4.60 Å². The van der Waals surface area contributed by atoms with Crippen LogP contribution in [-0.2, 0) is 0 Å². The summed E-state index contributed by atoms with van der Waals surface area (Å²) < 4.78 is 0.713. The van der Waals surface area contributed by atoms with Crippen molar-refractivity contribution < 1.29 is 0 Å². The summed E-state index contributed by atoms with van der Waals surface area (Å²) in [4.78, 5) is 4.29. The second-order valence-electron chi connectivity index (χ2n) is 3.93. The molecule has 1 N–H and O–H groups in total. The van der Waals surface area contributed by atoms with Crippen molar-refractivity contribution in [2.75, 3.05) is 5.32 Å². The molecule has 0 saturated heterocycles. The molecule has 14 heavy (non-hydrogen) atoms. The molecule has 2 rings (SSSR count). The van der Waals surface area contributed by atoms with E-state index in [-0.39, 0.29) is 0 Å². The van der Waals surface area contributed by atoms with E-state index in [0.717, 1.165) is 11.6 Å². The lowest BCUT2D eigenvalue weighted by Crippen LogP contribution is -2.34. The molecule has 1 heterocycles. The zero-order chi connectivity index (χ0) is 10.1. The molecule has 0 aliphatic heterocycles. The van der Waals surface area contributed by atoms with Crippen molar-refractivity contribution in [3.05, 3.63) is 10.3 Å². The lowest BCUT2D eigenvalue weighted by Gasteiger charge is -2.33. The fourth-order valence-electron chi connectivity index (χ4n) is 1.65. The van der Waals surface area contributed by atoms with Gasteiger partial charge in [-0.05, 0) is 41.6 Å². The minimum Gasteiger partial charge on any atom is -0.350 e. The van der Waals surface area contributed by atoms with E-state index >= 15 is 0 Å². The van der Waals surface area contributed by atoms with Gasteiger partial charge in [-0.2, -0.15) is 0 Å². The Hall–Kier alpha value is -0.710. The van der Waals surface area contributed by atoms with E-state index in [2.05, 4.69) is 43.4 Å². The molecule has 1 aromatic heterocycles. The van der Waals surface area contributed by atoms with Crippen LogP contribution in [0.4, 0.5) is 5.95 Å². The summed E-state index contributed by atoms with van der Waals surface area (Å²) in [6.07, 6.45) is 2.41. The number of anilines is 1. The zero-order valence-corrected chi connectivity index (χ0v) is 9.87. The van der Waals surface area contributed by atoms with Gasteiger partial charge in [-0.1, -0.05) is 6.92 Å². The van der Waals surface area contributed by atoms with E-state index < -0.39 is 0 Å². The Balaban J connectivity index is 2.00. The third kappa shape index (κ3) is 2.03. The first-order chi connectivity index (χ1) is 6.65. The van der Waals surface area contributed by atoms with Gasteiger partial charge >= 0.3 is 0 Å². The molecule has 4 nitrogen and oxygen atoms in total. The van der Waals surface area contributed by atoms with Crippen LogP contribution in [0.5, 0.6) is 0 Å². The summed E-state index contributed by atoms with van der Waals surface area (Å²) in [5.74, 6) is 1.47. The molecular weight excluding hydrogens is 244 g/mol. The van der Waals surface area contributed by atoms with E-state index in [4.69, 9.17) is 0 Å². The highest BCUT2D eigenvalue weighted by Gasteiger charge is 2.25. The fourth-order valence-corrected chi connectivity index (χ4v) is 1.82. The van der Waals surface area contributed by atoms with E-state index in [1.54, 1.807) is 0 Å². The summed E-state index contributed by atoms with van der Waals surface area (Å²) in [7, 11) is 0. The number of aryl methyl sites for hydroxylation is 1. The Morgan fingerprint density at radius 3 is 2.64 bits per heavy atom. The van der Waals surface area contributed by atoms with Crippen molar-refractivity contribution in [3.8, 4) is 0 Å². The second kappa shape index (κ2) is 3.81. The average Bonchev–Trinajstić information content (AvgIpc) is 2.09. The van der Waals surface area contributed by atoms with Crippen molar-refractivity contribution in [3.63, 3.8) is 0 Å². The van der Waals surface area contributed by atoms with Gasteiger partial charge in [0.25, 0.3) is 0 Å². The third-order valence-corrected chi connectivity index (χ3v) is 3.24. The lowest BCUT2D eigenvalue weighted by atomic mass is 9.82. The van der Waals surface area contributed by atoms with Crippen molar-refractivity contribution in [1.29, 1.82) is 0 Å². The number of halogens is 1. The van der Waals surface area contributed by atoms with E-state index in [1.807, 2.05) is 6.92 Å². The van der Waals surface area contributed by atoms with Crippen LogP contribution < -0.4 is 5.32 Å². The first-order valence-corrected chi connectivity index (χ1v) is 5.58. The summed E-state index contributed by atoms with van der Waals surface area (Å²) in [6.45, 7) is 4.16. The van der Waals surface area contributed by atoms with Gasteiger partial charge in [-0.3, -0.25) is 0 Å². The van der Waals surface area contributed by atoms with Crippen LogP contribution in [0.3, 0.4) is 0 Å². The summed E-state index contributed by atoms with van der Waals surface area (Å²) in [5.41, 5.74) is 0.870. The minimum atomic E-state index is 0.535. The number of hydrogen-bond acceptors (Lipinski definition) is 4. The number of rotatable bonds is 2. The van der Waals surface area contributed by atoms with Crippen LogP contribution in [0.25, 0.3) is 0 Å². The zero-order valence-electron chi connectivity index (χ0n) is 8.29. The predicted molar refractivity (Wildman–Crippen MR) is 58.1 cm³/mol. The molecule has 0 atom stereocenters. The van der Waals surface area contributed by atoms with Gasteiger partial charge in [0.2, 0.25) is 5.95 Å². The van der Waals surface area contributed by atoms with Crippen LogP contribution in [0.2, 0.25) is 0 Å². The van der Waals surface area contributed by atoms with Gasteiger partial charge in [-0.15, -0.1) is 10.2 Å². The Labute approximate surface area is 91.7 Å². The van der Waals surface area contributed by atoms with Crippen LogP contribution >= 0.6 is 15.9 Å². The van der Waals surface area contributed by atoms with Crippen LogP contribution in [0.15, 0.2) is 4.60 Å². The number of aromatic nitrogens is 3. The lowest BCUT2D eigenvalue weighted by molar-refractivity contribution is 0.307. The van der Waals surface area contributed by atoms with Crippen LogP contribution in [0, 0.1) is 12.8 Å². The van der Waals surface area contributed by atoms with Gasteiger partial charge in [0.05, 0.1) is 5.69 Å². The molecule has 1 saturated carbocycles. The van der Waals surface area contributed by atoms with Crippen molar-refractivity contribution in [1.82, 2.24) is 15.2 Å². The molecule has 0 radical (unpaired) electrons. The minimum absolute atomic E-state index is 0.535. The fraction of sp³-hybridized carbons (Fsp3) is 0.667. The van der Waals surface area contributed by atoms with E-state index in [0.29, 0.717) is 16.6 Å². The number of hydrogen-bond donors (Lipinski definition) is 1. The molecule has 1 aliphatic rings. The van der Waals surface area contributed by atoms with Gasteiger partial charge < -0.3 is 5.32 Å². The maximum Gasteiger partial charge on any atom is 0.243 e.